The maximum atomic E-state index is 9.63. The number of hydrogen-bond donors (Lipinski definition) is 2. The van der Waals surface area contributed by atoms with Crippen LogP contribution in [0.5, 0.6) is 5.75 Å². The highest BCUT2D eigenvalue weighted by molar-refractivity contribution is 5.27. The number of aliphatic hydroxyl groups is 2. The number of rotatable bonds is 13. The van der Waals surface area contributed by atoms with E-state index in [0.717, 1.165) is 6.42 Å². The molecule has 0 aliphatic rings. The van der Waals surface area contributed by atoms with Crippen molar-refractivity contribution in [1.29, 1.82) is 0 Å². The highest BCUT2D eigenvalue weighted by atomic mass is 16.6. The molecule has 1 rings (SSSR count). The molecule has 0 saturated carbocycles. The molecule has 0 aliphatic carbocycles. The Morgan fingerprint density at radius 2 is 1.55 bits per heavy atom. The molecule has 0 heterocycles. The lowest BCUT2D eigenvalue weighted by molar-refractivity contribution is -0.0267. The zero-order valence-electron chi connectivity index (χ0n) is 14.0. The summed E-state index contributed by atoms with van der Waals surface area (Å²) in [6.45, 7) is 2.33. The third-order valence-electron chi connectivity index (χ3n) is 3.87. The van der Waals surface area contributed by atoms with Crippen molar-refractivity contribution in [3.63, 3.8) is 0 Å². The average molecular weight is 308 g/mol. The molecule has 3 nitrogen and oxygen atoms in total. The highest BCUT2D eigenvalue weighted by Gasteiger charge is 2.05. The zero-order chi connectivity index (χ0) is 16.0. The molecule has 0 aliphatic heterocycles. The standard InChI is InChI=1S/C19H32O3/c1-2-3-4-5-6-7-8-10-17-12-14-18(15-13-17)22-19(21)11-9-16-20/h12-15,19-21H,2-11,16H2,1H3. The van der Waals surface area contributed by atoms with Gasteiger partial charge in [0, 0.05) is 13.0 Å². The van der Waals surface area contributed by atoms with Crippen molar-refractivity contribution in [2.45, 2.75) is 77.4 Å². The maximum Gasteiger partial charge on any atom is 0.197 e. The smallest absolute Gasteiger partial charge is 0.197 e. The van der Waals surface area contributed by atoms with Gasteiger partial charge >= 0.3 is 0 Å². The third-order valence-corrected chi connectivity index (χ3v) is 3.87. The zero-order valence-corrected chi connectivity index (χ0v) is 14.0. The third kappa shape index (κ3) is 9.06. The Kier molecular flexibility index (Phi) is 10.8. The van der Waals surface area contributed by atoms with Gasteiger partial charge in [0.1, 0.15) is 5.75 Å². The van der Waals surface area contributed by atoms with Gasteiger partial charge in [0.2, 0.25) is 0 Å². The summed E-state index contributed by atoms with van der Waals surface area (Å²) in [7, 11) is 0. The second-order valence-corrected chi connectivity index (χ2v) is 5.95. The first-order valence-corrected chi connectivity index (χ1v) is 8.80. The number of benzene rings is 1. The molecule has 0 spiro atoms. The lowest BCUT2D eigenvalue weighted by atomic mass is 10.0. The second-order valence-electron chi connectivity index (χ2n) is 5.95. The van der Waals surface area contributed by atoms with E-state index in [4.69, 9.17) is 9.84 Å². The van der Waals surface area contributed by atoms with Crippen LogP contribution >= 0.6 is 0 Å². The Morgan fingerprint density at radius 3 is 2.18 bits per heavy atom. The first-order valence-electron chi connectivity index (χ1n) is 8.80. The van der Waals surface area contributed by atoms with E-state index in [1.54, 1.807) is 0 Å². The van der Waals surface area contributed by atoms with Gasteiger partial charge in [0.05, 0.1) is 0 Å². The maximum absolute atomic E-state index is 9.63. The van der Waals surface area contributed by atoms with E-state index in [9.17, 15) is 5.11 Å². The normalized spacial score (nSPS) is 12.3. The average Bonchev–Trinajstić information content (AvgIpc) is 2.53. The molecule has 1 aromatic rings. The van der Waals surface area contributed by atoms with Crippen LogP contribution in [0.2, 0.25) is 0 Å². The minimum atomic E-state index is -0.832. The van der Waals surface area contributed by atoms with Crippen LogP contribution in [0.3, 0.4) is 0 Å². The van der Waals surface area contributed by atoms with E-state index >= 15 is 0 Å². The molecule has 0 fully saturated rings. The Labute approximate surface area is 135 Å². The van der Waals surface area contributed by atoms with Gasteiger partial charge in [-0.05, 0) is 37.0 Å². The molecular weight excluding hydrogens is 276 g/mol. The Morgan fingerprint density at radius 1 is 0.909 bits per heavy atom. The van der Waals surface area contributed by atoms with E-state index in [2.05, 4.69) is 19.1 Å². The summed E-state index contributed by atoms with van der Waals surface area (Å²) in [6, 6.07) is 7.98. The summed E-state index contributed by atoms with van der Waals surface area (Å²) < 4.78 is 5.40. The lowest BCUT2D eigenvalue weighted by Gasteiger charge is -2.13. The summed E-state index contributed by atoms with van der Waals surface area (Å²) in [5, 5.41) is 18.3. The van der Waals surface area contributed by atoms with Crippen LogP contribution in [0.1, 0.15) is 70.3 Å². The SMILES string of the molecule is CCCCCCCCCc1ccc(OC(O)CCCO)cc1. The lowest BCUT2D eigenvalue weighted by Crippen LogP contribution is -2.15. The number of hydrogen-bond acceptors (Lipinski definition) is 3. The molecule has 1 aromatic carbocycles. The Bertz CT molecular complexity index is 361. The van der Waals surface area contributed by atoms with E-state index in [1.807, 2.05) is 12.1 Å². The number of ether oxygens (including phenoxy) is 1. The summed E-state index contributed by atoms with van der Waals surface area (Å²) in [6.07, 6.45) is 10.6. The van der Waals surface area contributed by atoms with Gasteiger partial charge in [-0.3, -0.25) is 0 Å². The minimum Gasteiger partial charge on any atom is -0.465 e. The Hall–Kier alpha value is -1.06. The molecule has 3 heteroatoms. The van der Waals surface area contributed by atoms with Gasteiger partial charge in [0.25, 0.3) is 0 Å². The molecule has 1 unspecified atom stereocenters. The molecule has 2 N–H and O–H groups in total. The van der Waals surface area contributed by atoms with Gasteiger partial charge in [-0.2, -0.15) is 0 Å². The molecule has 126 valence electrons. The number of aryl methyl sites for hydroxylation is 1. The van der Waals surface area contributed by atoms with Crippen molar-refractivity contribution < 1.29 is 14.9 Å². The first kappa shape index (κ1) is 19.0. The van der Waals surface area contributed by atoms with E-state index in [1.165, 1.54) is 50.5 Å². The van der Waals surface area contributed by atoms with Gasteiger partial charge in [-0.25, -0.2) is 0 Å². The Balaban J connectivity index is 2.16. The first-order chi connectivity index (χ1) is 10.8. The highest BCUT2D eigenvalue weighted by Crippen LogP contribution is 2.17. The van der Waals surface area contributed by atoms with E-state index in [-0.39, 0.29) is 6.61 Å². The topological polar surface area (TPSA) is 49.7 Å². The van der Waals surface area contributed by atoms with Crippen LogP contribution in [0.25, 0.3) is 0 Å². The molecule has 1 atom stereocenters. The van der Waals surface area contributed by atoms with E-state index < -0.39 is 6.29 Å². The quantitative estimate of drug-likeness (QED) is 0.418. The molecule has 22 heavy (non-hydrogen) atoms. The van der Waals surface area contributed by atoms with Crippen molar-refractivity contribution in [3.8, 4) is 5.75 Å². The van der Waals surface area contributed by atoms with Gasteiger partial charge in [-0.1, -0.05) is 57.6 Å². The predicted octanol–water partition coefficient (Wildman–Crippen LogP) is 4.45. The van der Waals surface area contributed by atoms with Crippen molar-refractivity contribution in [3.05, 3.63) is 29.8 Å². The van der Waals surface area contributed by atoms with Crippen LogP contribution in [-0.2, 0) is 6.42 Å². The van der Waals surface area contributed by atoms with Crippen LogP contribution in [0, 0.1) is 0 Å². The largest absolute Gasteiger partial charge is 0.465 e. The van der Waals surface area contributed by atoms with Crippen LogP contribution in [0.4, 0.5) is 0 Å². The fourth-order valence-corrected chi connectivity index (χ4v) is 2.50. The molecule has 0 amide bonds. The van der Waals surface area contributed by atoms with Crippen LogP contribution < -0.4 is 4.74 Å². The molecule has 0 aromatic heterocycles. The minimum absolute atomic E-state index is 0.0812. The summed E-state index contributed by atoms with van der Waals surface area (Å²) in [5.74, 6) is 0.689. The molecular formula is C19H32O3. The van der Waals surface area contributed by atoms with Crippen molar-refractivity contribution >= 4 is 0 Å². The summed E-state index contributed by atoms with van der Waals surface area (Å²) in [4.78, 5) is 0. The summed E-state index contributed by atoms with van der Waals surface area (Å²) >= 11 is 0. The van der Waals surface area contributed by atoms with Crippen LogP contribution in [-0.4, -0.2) is 23.1 Å². The van der Waals surface area contributed by atoms with Gasteiger partial charge < -0.3 is 14.9 Å². The number of aliphatic hydroxyl groups excluding tert-OH is 2. The van der Waals surface area contributed by atoms with Crippen molar-refractivity contribution in [1.82, 2.24) is 0 Å². The van der Waals surface area contributed by atoms with Crippen molar-refractivity contribution in [2.24, 2.45) is 0 Å². The molecule has 0 saturated heterocycles. The predicted molar refractivity (Wildman–Crippen MR) is 91.1 cm³/mol. The molecule has 0 radical (unpaired) electrons. The monoisotopic (exact) mass is 308 g/mol. The fraction of sp³-hybridized carbons (Fsp3) is 0.684. The van der Waals surface area contributed by atoms with Gasteiger partial charge in [0.15, 0.2) is 6.29 Å². The van der Waals surface area contributed by atoms with E-state index in [0.29, 0.717) is 18.6 Å². The fourth-order valence-electron chi connectivity index (χ4n) is 2.50. The molecule has 0 bridgehead atoms. The summed E-state index contributed by atoms with van der Waals surface area (Å²) in [5.41, 5.74) is 1.32. The second kappa shape index (κ2) is 12.5. The van der Waals surface area contributed by atoms with Crippen LogP contribution in [0.15, 0.2) is 24.3 Å². The van der Waals surface area contributed by atoms with Gasteiger partial charge in [-0.15, -0.1) is 0 Å². The van der Waals surface area contributed by atoms with Crippen molar-refractivity contribution in [2.75, 3.05) is 6.61 Å². The number of unbranched alkanes of at least 4 members (excludes halogenated alkanes) is 6.